The van der Waals surface area contributed by atoms with Crippen LogP contribution in [0.3, 0.4) is 0 Å². The Kier molecular flexibility index (Phi) is 5.16. The van der Waals surface area contributed by atoms with Crippen molar-refractivity contribution in [2.45, 2.75) is 19.3 Å². The molecule has 0 heterocycles. The highest BCUT2D eigenvalue weighted by molar-refractivity contribution is 5.91. The summed E-state index contributed by atoms with van der Waals surface area (Å²) in [5.74, 6) is -1.71. The molecule has 0 saturated carbocycles. The van der Waals surface area contributed by atoms with Crippen LogP contribution in [-0.4, -0.2) is 10.9 Å². The maximum Gasteiger partial charge on any atom is 0.416 e. The summed E-state index contributed by atoms with van der Waals surface area (Å²) < 4.78 is 81.8. The zero-order chi connectivity index (χ0) is 20.6. The van der Waals surface area contributed by atoms with Crippen molar-refractivity contribution >= 4 is 11.7 Å². The molecule has 2 rings (SSSR count). The van der Waals surface area contributed by atoms with Gasteiger partial charge in [0.15, 0.2) is 0 Å². The molecular weight excluding hydrogens is 384 g/mol. The van der Waals surface area contributed by atoms with Crippen molar-refractivity contribution in [3.8, 4) is 5.75 Å². The second-order valence-corrected chi connectivity index (χ2v) is 5.39. The van der Waals surface area contributed by atoms with E-state index in [-0.39, 0.29) is 35.2 Å². The molecule has 2 aromatic rings. The van der Waals surface area contributed by atoms with E-state index in [2.05, 4.69) is 0 Å². The maximum absolute atomic E-state index is 12.8. The molecule has 11 heteroatoms. The van der Waals surface area contributed by atoms with Crippen molar-refractivity contribution in [3.05, 3.63) is 68.8 Å². The third-order valence-electron chi connectivity index (χ3n) is 3.40. The monoisotopic (exact) mass is 393 g/mol. The molecule has 0 N–H and O–H groups in total. The van der Waals surface area contributed by atoms with Gasteiger partial charge in [0.05, 0.1) is 21.6 Å². The number of nitrogens with zero attached hydrogens (tertiary/aromatic N) is 1. The van der Waals surface area contributed by atoms with Crippen LogP contribution in [-0.2, 0) is 12.4 Å². The summed E-state index contributed by atoms with van der Waals surface area (Å²) in [6.07, 6.45) is -10.2. The molecular formula is C16H9F6NO4. The van der Waals surface area contributed by atoms with E-state index in [4.69, 9.17) is 4.74 Å². The van der Waals surface area contributed by atoms with Gasteiger partial charge in [0.25, 0.3) is 5.69 Å². The average molecular weight is 393 g/mol. The van der Waals surface area contributed by atoms with Gasteiger partial charge in [0, 0.05) is 12.1 Å². The van der Waals surface area contributed by atoms with Crippen molar-refractivity contribution < 1.29 is 40.8 Å². The average Bonchev–Trinajstić information content (AvgIpc) is 2.54. The van der Waals surface area contributed by atoms with Gasteiger partial charge >= 0.3 is 18.3 Å². The van der Waals surface area contributed by atoms with E-state index in [0.29, 0.717) is 0 Å². The number of non-ortho nitro benzene ring substituents is 1. The van der Waals surface area contributed by atoms with Gasteiger partial charge in [-0.3, -0.25) is 10.1 Å². The SMILES string of the molecule is Cc1cc([N+](=O)[O-])ccc1OC(=O)c1cc(C(F)(F)F)cc(C(F)(F)F)c1. The molecule has 27 heavy (non-hydrogen) atoms. The molecule has 0 aliphatic heterocycles. The lowest BCUT2D eigenvalue weighted by molar-refractivity contribution is -0.384. The summed E-state index contributed by atoms with van der Waals surface area (Å²) in [4.78, 5) is 22.0. The number of hydrogen-bond acceptors (Lipinski definition) is 4. The Morgan fingerprint density at radius 3 is 1.89 bits per heavy atom. The predicted molar refractivity (Wildman–Crippen MR) is 79.2 cm³/mol. The molecule has 2 aromatic carbocycles. The Hall–Kier alpha value is -3.11. The minimum Gasteiger partial charge on any atom is -0.423 e. The smallest absolute Gasteiger partial charge is 0.416 e. The minimum atomic E-state index is -5.11. The Balaban J connectivity index is 2.42. The Morgan fingerprint density at radius 1 is 0.963 bits per heavy atom. The molecule has 0 radical (unpaired) electrons. The number of carbonyl (C=O) groups is 1. The van der Waals surface area contributed by atoms with Gasteiger partial charge in [-0.2, -0.15) is 26.3 Å². The molecule has 5 nitrogen and oxygen atoms in total. The number of ether oxygens (including phenoxy) is 1. The number of aryl methyl sites for hydroxylation is 1. The lowest BCUT2D eigenvalue weighted by atomic mass is 10.0. The topological polar surface area (TPSA) is 69.4 Å². The molecule has 0 atom stereocenters. The van der Waals surface area contributed by atoms with E-state index in [1.165, 1.54) is 6.92 Å². The largest absolute Gasteiger partial charge is 0.423 e. The second kappa shape index (κ2) is 6.89. The number of benzene rings is 2. The Bertz CT molecular complexity index is 873. The summed E-state index contributed by atoms with van der Waals surface area (Å²) in [7, 11) is 0. The van der Waals surface area contributed by atoms with Gasteiger partial charge in [0.1, 0.15) is 5.75 Å². The molecule has 0 aliphatic carbocycles. The minimum absolute atomic E-state index is 0.0978. The van der Waals surface area contributed by atoms with Crippen molar-refractivity contribution in [1.29, 1.82) is 0 Å². The van der Waals surface area contributed by atoms with Crippen LogP contribution in [0.4, 0.5) is 32.0 Å². The first-order valence-electron chi connectivity index (χ1n) is 7.06. The highest BCUT2D eigenvalue weighted by Gasteiger charge is 2.37. The molecule has 0 bridgehead atoms. The fourth-order valence-electron chi connectivity index (χ4n) is 2.09. The summed E-state index contributed by atoms with van der Waals surface area (Å²) in [5, 5.41) is 10.7. The van der Waals surface area contributed by atoms with Crippen LogP contribution < -0.4 is 4.74 Å². The first-order valence-corrected chi connectivity index (χ1v) is 7.06. The number of nitro groups is 1. The van der Waals surface area contributed by atoms with Gasteiger partial charge in [-0.25, -0.2) is 4.79 Å². The van der Waals surface area contributed by atoms with E-state index < -0.39 is 39.9 Å². The zero-order valence-corrected chi connectivity index (χ0v) is 13.3. The highest BCUT2D eigenvalue weighted by Crippen LogP contribution is 2.36. The third-order valence-corrected chi connectivity index (χ3v) is 3.40. The first kappa shape index (κ1) is 20.2. The van der Waals surface area contributed by atoms with Crippen LogP contribution in [0.25, 0.3) is 0 Å². The van der Waals surface area contributed by atoms with Crippen LogP contribution in [0.1, 0.15) is 27.0 Å². The summed E-state index contributed by atoms with van der Waals surface area (Å²) >= 11 is 0. The van der Waals surface area contributed by atoms with E-state index in [1.54, 1.807) is 0 Å². The van der Waals surface area contributed by atoms with Crippen molar-refractivity contribution in [3.63, 3.8) is 0 Å². The van der Waals surface area contributed by atoms with Gasteiger partial charge < -0.3 is 4.74 Å². The zero-order valence-electron chi connectivity index (χ0n) is 13.3. The number of rotatable bonds is 3. The lowest BCUT2D eigenvalue weighted by Gasteiger charge is -2.14. The van der Waals surface area contributed by atoms with Crippen LogP contribution in [0.15, 0.2) is 36.4 Å². The fourth-order valence-corrected chi connectivity index (χ4v) is 2.09. The van der Waals surface area contributed by atoms with E-state index in [9.17, 15) is 41.3 Å². The van der Waals surface area contributed by atoms with Gasteiger partial charge in [-0.15, -0.1) is 0 Å². The predicted octanol–water partition coefficient (Wildman–Crippen LogP) is 5.16. The number of carbonyl (C=O) groups excluding carboxylic acids is 1. The fraction of sp³-hybridized carbons (Fsp3) is 0.188. The number of hydrogen-bond donors (Lipinski definition) is 0. The molecule has 0 unspecified atom stereocenters. The number of halogens is 6. The normalized spacial score (nSPS) is 12.0. The molecule has 0 aliphatic rings. The van der Waals surface area contributed by atoms with Crippen molar-refractivity contribution in [2.24, 2.45) is 0 Å². The van der Waals surface area contributed by atoms with Crippen LogP contribution >= 0.6 is 0 Å². The second-order valence-electron chi connectivity index (χ2n) is 5.39. The van der Waals surface area contributed by atoms with E-state index >= 15 is 0 Å². The number of alkyl halides is 6. The van der Waals surface area contributed by atoms with E-state index in [1.807, 2.05) is 0 Å². The molecule has 0 fully saturated rings. The third kappa shape index (κ3) is 4.74. The Morgan fingerprint density at radius 2 is 1.48 bits per heavy atom. The lowest BCUT2D eigenvalue weighted by Crippen LogP contribution is -2.16. The van der Waals surface area contributed by atoms with Crippen LogP contribution in [0, 0.1) is 17.0 Å². The summed E-state index contributed by atoms with van der Waals surface area (Å²) in [6.45, 7) is 1.32. The highest BCUT2D eigenvalue weighted by atomic mass is 19.4. The molecule has 0 amide bonds. The van der Waals surface area contributed by atoms with Crippen LogP contribution in [0.2, 0.25) is 0 Å². The van der Waals surface area contributed by atoms with Crippen molar-refractivity contribution in [2.75, 3.05) is 0 Å². The number of nitro benzene ring substituents is 1. The van der Waals surface area contributed by atoms with E-state index in [0.717, 1.165) is 18.2 Å². The molecule has 0 spiro atoms. The molecule has 144 valence electrons. The standard InChI is InChI=1S/C16H9F6NO4/c1-8-4-12(23(25)26)2-3-13(8)27-14(24)9-5-10(15(17,18)19)7-11(6-9)16(20,21)22/h2-7H,1H3. The molecule has 0 saturated heterocycles. The first-order chi connectivity index (χ1) is 12.3. The number of esters is 1. The maximum atomic E-state index is 12.8. The van der Waals surface area contributed by atoms with Crippen LogP contribution in [0.5, 0.6) is 5.75 Å². The van der Waals surface area contributed by atoms with Gasteiger partial charge in [-0.05, 0) is 36.8 Å². The molecule has 0 aromatic heterocycles. The van der Waals surface area contributed by atoms with Gasteiger partial charge in [-0.1, -0.05) is 0 Å². The quantitative estimate of drug-likeness (QED) is 0.238. The summed E-state index contributed by atoms with van der Waals surface area (Å²) in [5.41, 5.74) is -4.52. The Labute approximate surface area is 147 Å². The van der Waals surface area contributed by atoms with Gasteiger partial charge in [0.2, 0.25) is 0 Å². The summed E-state index contributed by atoms with van der Waals surface area (Å²) in [6, 6.07) is 3.38. The van der Waals surface area contributed by atoms with Crippen molar-refractivity contribution in [1.82, 2.24) is 0 Å².